The maximum atomic E-state index is 15.5. The molecular formula is C81H102ClN19O16. The highest BCUT2D eigenvalue weighted by Gasteiger charge is 2.41. The van der Waals surface area contributed by atoms with Gasteiger partial charge in [-0.1, -0.05) is 124 Å². The standard InChI is InChI=1S/C81H102ClN19O16/c1-44(2)34-58(70(106)91-57(15-8-9-32-87-45(3)4)78(114)101-33-11-16-66(101)77(113)88-46(5)68(83)104)92-71(107)60(37-49-22-29-56(30-23-49)90-79(84)115)93-73(109)61(38-48-20-27-55(28-21-48)89-69(105)64-41-67(103)100-81(117)99-64)96-76(112)65(43-102)97-74(110)62(40-51-12-10-31-86-42-51)95-72(108)59(36-47-18-25-54(82)26-19-47)94-75(111)63(98-80(85)116)39-50-17-24-52-13-6-7-14-53(52)35-50/h6-7,10,12-14,17-31,35,42,44-46,57-66,87,102H,8-9,11,15-16,32-34,36-41,43H2,1-5H3,(H2,83,104)(H,88,113)(H,89,105)(H,91,106)(H,92,107)(H,93,109)(H,94,111)(H,95,108)(H,96,112)(H,97,110)(H3,84,90,115)(H3,85,98,116)(H2,99,100,103,117)/t46-,57+,58+,59-,60-,61+,62-,63-,64?,65+,66+/m1/s1. The molecule has 0 aliphatic carbocycles. The Balaban J connectivity index is 1.10. The van der Waals surface area contributed by atoms with Crippen LogP contribution in [0.15, 0.2) is 140 Å². The molecule has 0 spiro atoms. The van der Waals surface area contributed by atoms with E-state index in [9.17, 15) is 67.4 Å². The second kappa shape index (κ2) is 43.7. The predicted octanol–water partition coefficient (Wildman–Crippen LogP) is 1.05. The average molecular weight is 1630 g/mol. The number of nitrogens with zero attached hydrogens (tertiary/aromatic N) is 2. The highest BCUT2D eigenvalue weighted by molar-refractivity contribution is 6.30. The molecule has 2 fully saturated rings. The molecule has 2 aliphatic heterocycles. The van der Waals surface area contributed by atoms with Crippen molar-refractivity contribution in [2.45, 2.75) is 184 Å². The lowest BCUT2D eigenvalue weighted by Gasteiger charge is -2.31. The third kappa shape index (κ3) is 28.4. The van der Waals surface area contributed by atoms with E-state index in [-0.39, 0.29) is 86.8 Å². The van der Waals surface area contributed by atoms with Crippen LogP contribution in [0.3, 0.4) is 0 Å². The number of imide groups is 1. The molecule has 35 nitrogen and oxygen atoms in total. The number of anilines is 2. The molecule has 2 saturated heterocycles. The Morgan fingerprint density at radius 2 is 1.01 bits per heavy atom. The number of carbonyl (C=O) groups is 15. The first-order chi connectivity index (χ1) is 55.8. The number of carbonyl (C=O) groups excluding carboxylic acids is 15. The fourth-order valence-electron chi connectivity index (χ4n) is 13.3. The summed E-state index contributed by atoms with van der Waals surface area (Å²) in [6.07, 6.45) is 2.86. The average Bonchev–Trinajstić information content (AvgIpc) is 1.72. The smallest absolute Gasteiger partial charge is 0.322 e. The van der Waals surface area contributed by atoms with Crippen molar-refractivity contribution < 1.29 is 77.0 Å². The Bertz CT molecular complexity index is 4530. The van der Waals surface area contributed by atoms with Gasteiger partial charge < -0.3 is 96.3 Å². The molecule has 6 aromatic rings. The van der Waals surface area contributed by atoms with Gasteiger partial charge in [-0.3, -0.25) is 67.8 Å². The maximum Gasteiger partial charge on any atom is 0.322 e. The van der Waals surface area contributed by atoms with Crippen molar-refractivity contribution in [2.24, 2.45) is 23.1 Å². The quantitative estimate of drug-likeness (QED) is 0.0239. The van der Waals surface area contributed by atoms with Crippen LogP contribution in [0.25, 0.3) is 10.8 Å². The van der Waals surface area contributed by atoms with Gasteiger partial charge in [0.05, 0.1) is 13.0 Å². The number of benzene rings is 5. The lowest BCUT2D eigenvalue weighted by Crippen LogP contribution is -2.62. The van der Waals surface area contributed by atoms with E-state index in [0.717, 1.165) is 10.8 Å². The van der Waals surface area contributed by atoms with E-state index in [1.165, 1.54) is 72.7 Å². The Morgan fingerprint density at radius 1 is 0.521 bits per heavy atom. The highest BCUT2D eigenvalue weighted by atomic mass is 35.5. The first-order valence-electron chi connectivity index (χ1n) is 38.5. The molecule has 1 unspecified atom stereocenters. The normalized spacial score (nSPS) is 16.1. The van der Waals surface area contributed by atoms with Crippen LogP contribution in [0.2, 0.25) is 5.02 Å². The number of pyridine rings is 1. The van der Waals surface area contributed by atoms with Crippen molar-refractivity contribution in [2.75, 3.05) is 30.3 Å². The molecule has 0 bridgehead atoms. The van der Waals surface area contributed by atoms with Gasteiger partial charge in [0.2, 0.25) is 70.9 Å². The van der Waals surface area contributed by atoms with Gasteiger partial charge in [0, 0.05) is 73.5 Å². The van der Waals surface area contributed by atoms with E-state index in [4.69, 9.17) is 28.8 Å². The van der Waals surface area contributed by atoms with Crippen LogP contribution in [0.4, 0.5) is 25.8 Å². The van der Waals surface area contributed by atoms with Gasteiger partial charge in [-0.2, -0.15) is 0 Å². The number of fused-ring (bicyclic) bond motifs is 1. The number of hydrogen-bond donors (Lipinski definition) is 18. The van der Waals surface area contributed by atoms with E-state index in [1.54, 1.807) is 56.3 Å². The zero-order chi connectivity index (χ0) is 85.0. The van der Waals surface area contributed by atoms with Gasteiger partial charge in [0.25, 0.3) is 0 Å². The van der Waals surface area contributed by atoms with Crippen LogP contribution in [-0.2, 0) is 89.6 Å². The lowest BCUT2D eigenvalue weighted by molar-refractivity contribution is -0.142. The number of hydrogen-bond acceptors (Lipinski definition) is 18. The minimum atomic E-state index is -1.94. The SMILES string of the molecule is CC(C)C[C@H](NC(=O)[C@@H](Cc1ccc(NC(N)=O)cc1)NC(=O)[C@H](Cc1ccc(NC(=O)C2CC(=O)NC(=O)N2)cc1)NC(=O)[C@H](CO)NC(=O)[C@@H](Cc1cccnc1)NC(=O)[C@@H](Cc1ccc(Cl)cc1)NC(=O)[C@@H](Cc1ccc2ccccc2c1)NC(N)=O)C(=O)N[C@@H](CCCCNC(C)C)C(=O)N1CCC[C@H]1C(=O)N[C@H](C)C(N)=O. The van der Waals surface area contributed by atoms with E-state index < -0.39 is 168 Å². The van der Waals surface area contributed by atoms with Crippen molar-refractivity contribution in [3.63, 3.8) is 0 Å². The van der Waals surface area contributed by atoms with E-state index in [1.807, 2.05) is 55.6 Å². The summed E-state index contributed by atoms with van der Waals surface area (Å²) in [7, 11) is 0. The monoisotopic (exact) mass is 1630 g/mol. The zero-order valence-electron chi connectivity index (χ0n) is 65.5. The van der Waals surface area contributed by atoms with Gasteiger partial charge in [0.15, 0.2) is 0 Å². The van der Waals surface area contributed by atoms with Crippen LogP contribution in [0.1, 0.15) is 107 Å². The molecule has 21 N–H and O–H groups in total. The van der Waals surface area contributed by atoms with Crippen LogP contribution in [-0.4, -0.2) is 196 Å². The number of unbranched alkanes of at least 4 members (excludes halogenated alkanes) is 1. The van der Waals surface area contributed by atoms with Crippen LogP contribution in [0.5, 0.6) is 0 Å². The Morgan fingerprint density at radius 3 is 1.52 bits per heavy atom. The molecule has 3 heterocycles. The number of likely N-dealkylation sites (tertiary alicyclic amines) is 1. The van der Waals surface area contributed by atoms with Crippen molar-refractivity contribution >= 4 is 123 Å². The molecule has 5 aromatic carbocycles. The molecule has 0 saturated carbocycles. The van der Waals surface area contributed by atoms with Crippen molar-refractivity contribution in [3.05, 3.63) is 173 Å². The lowest BCUT2D eigenvalue weighted by atomic mass is 9.99. The number of amides is 18. The molecule has 624 valence electrons. The van der Waals surface area contributed by atoms with E-state index in [2.05, 4.69) is 74.1 Å². The third-order valence-corrected chi connectivity index (χ3v) is 19.6. The van der Waals surface area contributed by atoms with Crippen LogP contribution < -0.4 is 91.6 Å². The van der Waals surface area contributed by atoms with Crippen molar-refractivity contribution in [3.8, 4) is 0 Å². The van der Waals surface area contributed by atoms with Gasteiger partial charge in [-0.25, -0.2) is 14.4 Å². The molecule has 0 radical (unpaired) electrons. The first kappa shape index (κ1) is 89.9. The molecular weight excluding hydrogens is 1530 g/mol. The van der Waals surface area contributed by atoms with Gasteiger partial charge in [-0.15, -0.1) is 0 Å². The fourth-order valence-corrected chi connectivity index (χ4v) is 13.4. The molecule has 1 aromatic heterocycles. The molecule has 117 heavy (non-hydrogen) atoms. The van der Waals surface area contributed by atoms with Gasteiger partial charge in [-0.05, 0) is 139 Å². The summed E-state index contributed by atoms with van der Waals surface area (Å²) in [6.45, 7) is 8.48. The summed E-state index contributed by atoms with van der Waals surface area (Å²) >= 11 is 6.26. The summed E-state index contributed by atoms with van der Waals surface area (Å²) in [5.74, 6) is -10.6. The largest absolute Gasteiger partial charge is 0.394 e. The summed E-state index contributed by atoms with van der Waals surface area (Å²) in [4.78, 5) is 213. The number of halogens is 1. The Kier molecular flexibility index (Phi) is 33.6. The number of aromatic nitrogens is 1. The molecule has 11 atom stereocenters. The third-order valence-electron chi connectivity index (χ3n) is 19.4. The Hall–Kier alpha value is -12.6. The number of nitrogens with two attached hydrogens (primary N) is 3. The fraction of sp³-hybridized carbons (Fsp3) is 0.407. The van der Waals surface area contributed by atoms with Crippen molar-refractivity contribution in [1.82, 2.24) is 73.7 Å². The number of urea groups is 3. The molecule has 8 rings (SSSR count). The van der Waals surface area contributed by atoms with Gasteiger partial charge >= 0.3 is 18.1 Å². The number of rotatable bonds is 41. The van der Waals surface area contributed by atoms with Gasteiger partial charge in [0.1, 0.15) is 66.5 Å². The zero-order valence-corrected chi connectivity index (χ0v) is 66.2. The first-order valence-corrected chi connectivity index (χ1v) is 38.9. The molecule has 2 aliphatic rings. The number of primary amides is 3. The summed E-state index contributed by atoms with van der Waals surface area (Å²) in [5, 5.41) is 50.0. The van der Waals surface area contributed by atoms with E-state index >= 15 is 9.59 Å². The predicted molar refractivity (Wildman–Crippen MR) is 433 cm³/mol. The van der Waals surface area contributed by atoms with Crippen LogP contribution >= 0.6 is 11.6 Å². The Labute approximate surface area is 680 Å². The number of aliphatic hydroxyl groups is 1. The van der Waals surface area contributed by atoms with Crippen LogP contribution in [0, 0.1) is 5.92 Å². The second-order valence-electron chi connectivity index (χ2n) is 29.6. The highest BCUT2D eigenvalue weighted by Crippen LogP contribution is 2.24. The minimum absolute atomic E-state index is 0.0318. The summed E-state index contributed by atoms with van der Waals surface area (Å²) in [5.41, 5.74) is 19.1. The molecule has 36 heteroatoms. The van der Waals surface area contributed by atoms with E-state index in [0.29, 0.717) is 53.1 Å². The second-order valence-corrected chi connectivity index (χ2v) is 30.0. The summed E-state index contributed by atoms with van der Waals surface area (Å²) < 4.78 is 0. The molecule has 18 amide bonds. The maximum absolute atomic E-state index is 15.5. The van der Waals surface area contributed by atoms with Crippen molar-refractivity contribution in [1.29, 1.82) is 0 Å². The topological polar surface area (TPSA) is 539 Å². The number of nitrogens with one attached hydrogen (secondary N) is 14. The summed E-state index contributed by atoms with van der Waals surface area (Å²) in [6, 6.07) is 15.7. The minimum Gasteiger partial charge on any atom is -0.394 e. The number of aliphatic hydroxyl groups excluding tert-OH is 1.